The topological polar surface area (TPSA) is 90.4 Å². The van der Waals surface area contributed by atoms with E-state index < -0.39 is 0 Å². The normalized spacial score (nSPS) is 25.9. The minimum atomic E-state index is -0.365. The Balaban J connectivity index is 0.00000196. The molecule has 0 aromatic carbocycles. The number of aromatic nitrogens is 2. The molecule has 2 saturated heterocycles. The number of nitrogens with zero attached hydrogens (tertiary/aromatic N) is 3. The van der Waals surface area contributed by atoms with E-state index in [-0.39, 0.29) is 36.3 Å². The molecule has 7 nitrogen and oxygen atoms in total. The Morgan fingerprint density at radius 3 is 3.12 bits per heavy atom. The van der Waals surface area contributed by atoms with Crippen molar-refractivity contribution in [1.29, 1.82) is 0 Å². The van der Waals surface area contributed by atoms with Crippen LogP contribution in [-0.4, -0.2) is 59.8 Å². The number of aliphatic hydroxyl groups excluding tert-OH is 1. The van der Waals surface area contributed by atoms with Crippen molar-refractivity contribution < 1.29 is 9.90 Å². The number of hydrogen-bond acceptors (Lipinski definition) is 7. The summed E-state index contributed by atoms with van der Waals surface area (Å²) < 4.78 is 0. The van der Waals surface area contributed by atoms with Gasteiger partial charge in [-0.05, 0) is 24.3 Å². The van der Waals surface area contributed by atoms with Gasteiger partial charge < -0.3 is 20.6 Å². The van der Waals surface area contributed by atoms with Crippen LogP contribution in [0.1, 0.15) is 12.8 Å². The lowest BCUT2D eigenvalue weighted by Gasteiger charge is -2.33. The van der Waals surface area contributed by atoms with Gasteiger partial charge in [0.05, 0.1) is 17.4 Å². The highest BCUT2D eigenvalue weighted by atomic mass is 35.5. The number of piperidine rings is 1. The van der Waals surface area contributed by atoms with Crippen LogP contribution in [0.25, 0.3) is 10.2 Å². The molecule has 2 aromatic heterocycles. The maximum atomic E-state index is 12.6. The van der Waals surface area contributed by atoms with Crippen LogP contribution in [-0.2, 0) is 4.79 Å². The van der Waals surface area contributed by atoms with Crippen LogP contribution in [0.3, 0.4) is 0 Å². The van der Waals surface area contributed by atoms with E-state index >= 15 is 0 Å². The average molecular weight is 398 g/mol. The van der Waals surface area contributed by atoms with E-state index in [9.17, 15) is 9.90 Å². The number of β-amino-alcohol motifs (C(OH)–C–C–N with tert-alkyl or cyclic N) is 1. The molecule has 3 unspecified atom stereocenters. The van der Waals surface area contributed by atoms with Crippen LogP contribution in [0, 0.1) is 11.8 Å². The van der Waals surface area contributed by atoms with Gasteiger partial charge >= 0.3 is 0 Å². The van der Waals surface area contributed by atoms with E-state index in [1.54, 1.807) is 17.7 Å². The predicted molar refractivity (Wildman–Crippen MR) is 105 cm³/mol. The number of rotatable bonds is 4. The summed E-state index contributed by atoms with van der Waals surface area (Å²) in [5, 5.41) is 19.1. The van der Waals surface area contributed by atoms with Gasteiger partial charge in [-0.25, -0.2) is 9.97 Å². The van der Waals surface area contributed by atoms with E-state index in [2.05, 4.69) is 25.5 Å². The molecule has 0 bridgehead atoms. The molecule has 2 aliphatic rings. The lowest BCUT2D eigenvalue weighted by molar-refractivity contribution is -0.125. The number of thiophene rings is 1. The Hall–Kier alpha value is -1.48. The van der Waals surface area contributed by atoms with Crippen molar-refractivity contribution in [2.75, 3.05) is 37.6 Å². The van der Waals surface area contributed by atoms with Gasteiger partial charge in [-0.1, -0.05) is 0 Å². The highest BCUT2D eigenvalue weighted by molar-refractivity contribution is 7.16. The van der Waals surface area contributed by atoms with Crippen molar-refractivity contribution in [2.45, 2.75) is 18.9 Å². The predicted octanol–water partition coefficient (Wildman–Crippen LogP) is 1.03. The molecule has 2 aliphatic heterocycles. The molecule has 3 atom stereocenters. The minimum Gasteiger partial charge on any atom is -0.391 e. The standard InChI is InChI=1S/C17H23N5O2S.ClH/c23-14-8-18-6-12(14)7-19-16(24)11-2-1-4-22(9-11)15-13-3-5-25-17(13)21-10-20-15;/h3,5,10-12,14,18,23H,1-2,4,6-9H2,(H,19,24);1H. The molecule has 4 rings (SSSR count). The quantitative estimate of drug-likeness (QED) is 0.713. The van der Waals surface area contributed by atoms with Gasteiger partial charge in [0.2, 0.25) is 5.91 Å². The summed E-state index contributed by atoms with van der Waals surface area (Å²) in [6.45, 7) is 3.50. The molecule has 2 fully saturated rings. The first-order chi connectivity index (χ1) is 12.2. The zero-order valence-corrected chi connectivity index (χ0v) is 16.1. The maximum absolute atomic E-state index is 12.6. The van der Waals surface area contributed by atoms with Gasteiger partial charge in [-0.15, -0.1) is 23.7 Å². The largest absolute Gasteiger partial charge is 0.391 e. The fourth-order valence-corrected chi connectivity index (χ4v) is 4.44. The molecule has 0 aliphatic carbocycles. The summed E-state index contributed by atoms with van der Waals surface area (Å²) in [6, 6.07) is 2.05. The lowest BCUT2D eigenvalue weighted by atomic mass is 9.96. The third kappa shape index (κ3) is 3.93. The fraction of sp³-hybridized carbons (Fsp3) is 0.588. The Labute approximate surface area is 162 Å². The number of carbonyl (C=O) groups excluding carboxylic acids is 1. The van der Waals surface area contributed by atoms with Gasteiger partial charge in [0.15, 0.2) is 0 Å². The summed E-state index contributed by atoms with van der Waals surface area (Å²) >= 11 is 1.61. The van der Waals surface area contributed by atoms with Crippen LogP contribution in [0.2, 0.25) is 0 Å². The molecule has 26 heavy (non-hydrogen) atoms. The number of nitrogens with one attached hydrogen (secondary N) is 2. The van der Waals surface area contributed by atoms with Gasteiger partial charge in [0.25, 0.3) is 0 Å². The van der Waals surface area contributed by atoms with Crippen LogP contribution < -0.4 is 15.5 Å². The first-order valence-corrected chi connectivity index (χ1v) is 9.70. The summed E-state index contributed by atoms with van der Waals surface area (Å²) in [7, 11) is 0. The Bertz CT molecular complexity index is 758. The number of carbonyl (C=O) groups is 1. The van der Waals surface area contributed by atoms with Gasteiger partial charge in [-0.2, -0.15) is 0 Å². The highest BCUT2D eigenvalue weighted by Crippen LogP contribution is 2.29. The van der Waals surface area contributed by atoms with E-state index in [1.807, 2.05) is 11.4 Å². The molecular formula is C17H24ClN5O2S. The van der Waals surface area contributed by atoms with Gasteiger partial charge in [0, 0.05) is 38.6 Å². The molecule has 0 saturated carbocycles. The maximum Gasteiger partial charge on any atom is 0.224 e. The molecule has 4 heterocycles. The lowest BCUT2D eigenvalue weighted by Crippen LogP contribution is -2.45. The molecule has 1 amide bonds. The smallest absolute Gasteiger partial charge is 0.224 e. The third-order valence-electron chi connectivity index (χ3n) is 5.18. The Morgan fingerprint density at radius 1 is 1.42 bits per heavy atom. The van der Waals surface area contributed by atoms with E-state index in [1.165, 1.54) is 0 Å². The Kier molecular flexibility index (Phi) is 6.29. The van der Waals surface area contributed by atoms with Crippen molar-refractivity contribution in [1.82, 2.24) is 20.6 Å². The summed E-state index contributed by atoms with van der Waals surface area (Å²) in [5.74, 6) is 1.08. The second kappa shape index (κ2) is 8.47. The number of halogens is 1. The number of anilines is 1. The summed E-state index contributed by atoms with van der Waals surface area (Å²) in [4.78, 5) is 24.5. The minimum absolute atomic E-state index is 0. The Morgan fingerprint density at radius 2 is 2.31 bits per heavy atom. The molecule has 2 aromatic rings. The first kappa shape index (κ1) is 19.3. The van der Waals surface area contributed by atoms with Crippen LogP contribution in [0.15, 0.2) is 17.8 Å². The molecule has 0 spiro atoms. The zero-order chi connectivity index (χ0) is 17.2. The summed E-state index contributed by atoms with van der Waals surface area (Å²) in [6.07, 6.45) is 3.11. The van der Waals surface area contributed by atoms with Crippen LogP contribution in [0.4, 0.5) is 5.82 Å². The van der Waals surface area contributed by atoms with Crippen molar-refractivity contribution in [3.05, 3.63) is 17.8 Å². The second-order valence-electron chi connectivity index (χ2n) is 6.85. The van der Waals surface area contributed by atoms with Crippen LogP contribution >= 0.6 is 23.7 Å². The van der Waals surface area contributed by atoms with Crippen molar-refractivity contribution in [2.24, 2.45) is 11.8 Å². The molecule has 142 valence electrons. The molecular weight excluding hydrogens is 374 g/mol. The monoisotopic (exact) mass is 397 g/mol. The molecule has 0 radical (unpaired) electrons. The highest BCUT2D eigenvalue weighted by Gasteiger charge is 2.30. The third-order valence-corrected chi connectivity index (χ3v) is 6.00. The summed E-state index contributed by atoms with van der Waals surface area (Å²) in [5.41, 5.74) is 0. The van der Waals surface area contributed by atoms with E-state index in [0.29, 0.717) is 19.6 Å². The van der Waals surface area contributed by atoms with Crippen molar-refractivity contribution >= 4 is 45.7 Å². The number of aliphatic hydroxyl groups is 1. The zero-order valence-electron chi connectivity index (χ0n) is 14.4. The average Bonchev–Trinajstić information content (AvgIpc) is 3.28. The number of amides is 1. The first-order valence-electron chi connectivity index (χ1n) is 8.82. The fourth-order valence-electron chi connectivity index (χ4n) is 3.72. The number of fused-ring (bicyclic) bond motifs is 1. The number of hydrogen-bond donors (Lipinski definition) is 3. The molecule has 3 N–H and O–H groups in total. The van der Waals surface area contributed by atoms with Crippen molar-refractivity contribution in [3.8, 4) is 0 Å². The second-order valence-corrected chi connectivity index (χ2v) is 7.75. The van der Waals surface area contributed by atoms with Crippen molar-refractivity contribution in [3.63, 3.8) is 0 Å². The van der Waals surface area contributed by atoms with E-state index in [4.69, 9.17) is 0 Å². The van der Waals surface area contributed by atoms with Gasteiger partial charge in [0.1, 0.15) is 17.0 Å². The van der Waals surface area contributed by atoms with Crippen LogP contribution in [0.5, 0.6) is 0 Å². The molecule has 9 heteroatoms. The van der Waals surface area contributed by atoms with Gasteiger partial charge in [-0.3, -0.25) is 4.79 Å². The van der Waals surface area contributed by atoms with E-state index in [0.717, 1.165) is 42.0 Å². The SMILES string of the molecule is Cl.O=C(NCC1CNCC1O)C1CCCN(c2ncnc3sccc23)C1.